The van der Waals surface area contributed by atoms with Crippen molar-refractivity contribution in [2.45, 2.75) is 13.0 Å². The minimum Gasteiger partial charge on any atom is -0.343 e. The molecule has 0 spiro atoms. The van der Waals surface area contributed by atoms with E-state index in [0.29, 0.717) is 10.7 Å². The summed E-state index contributed by atoms with van der Waals surface area (Å²) in [7, 11) is 0. The molecule has 1 aliphatic rings. The van der Waals surface area contributed by atoms with Gasteiger partial charge < -0.3 is 10.2 Å². The van der Waals surface area contributed by atoms with Gasteiger partial charge >= 0.3 is 0 Å². The number of halogens is 2. The smallest absolute Gasteiger partial charge is 0.249 e. The van der Waals surface area contributed by atoms with Gasteiger partial charge in [-0.25, -0.2) is 0 Å². The Bertz CT molecular complexity index is 492. The average Bonchev–Trinajstić information content (AvgIpc) is 2.27. The van der Waals surface area contributed by atoms with Crippen LogP contribution in [0.25, 0.3) is 0 Å². The molecular formula is C11H10BrClN2O2. The van der Waals surface area contributed by atoms with Gasteiger partial charge in [0.2, 0.25) is 11.8 Å². The number of anilines is 1. The molecule has 0 bridgehead atoms. The Hall–Kier alpha value is -1.07. The molecule has 4 nitrogen and oxygen atoms in total. The van der Waals surface area contributed by atoms with E-state index in [2.05, 4.69) is 21.2 Å². The molecule has 0 radical (unpaired) electrons. The highest BCUT2D eigenvalue weighted by Crippen LogP contribution is 2.28. The Morgan fingerprint density at radius 2 is 2.18 bits per heavy atom. The minimum atomic E-state index is -0.501. The molecule has 17 heavy (non-hydrogen) atoms. The lowest BCUT2D eigenvalue weighted by molar-refractivity contribution is -0.130. The van der Waals surface area contributed by atoms with Crippen LogP contribution in [0.1, 0.15) is 6.92 Å². The lowest BCUT2D eigenvalue weighted by atomic mass is 10.2. The number of amides is 2. The summed E-state index contributed by atoms with van der Waals surface area (Å²) in [6.07, 6.45) is 0. The van der Waals surface area contributed by atoms with E-state index < -0.39 is 6.04 Å². The molecule has 1 aromatic rings. The number of benzene rings is 1. The van der Waals surface area contributed by atoms with E-state index in [1.54, 1.807) is 25.1 Å². The molecule has 1 fully saturated rings. The van der Waals surface area contributed by atoms with Crippen molar-refractivity contribution in [3.8, 4) is 0 Å². The summed E-state index contributed by atoms with van der Waals surface area (Å²) in [6, 6.07) is 4.66. The first kappa shape index (κ1) is 12.4. The summed E-state index contributed by atoms with van der Waals surface area (Å²) in [5.41, 5.74) is 0.630. The number of hydrogen-bond donors (Lipinski definition) is 1. The molecule has 90 valence electrons. The summed E-state index contributed by atoms with van der Waals surface area (Å²) in [4.78, 5) is 24.8. The van der Waals surface area contributed by atoms with Gasteiger partial charge in [0.25, 0.3) is 0 Å². The fraction of sp³-hybridized carbons (Fsp3) is 0.273. The van der Waals surface area contributed by atoms with E-state index in [0.717, 1.165) is 4.47 Å². The summed E-state index contributed by atoms with van der Waals surface area (Å²) in [5, 5.41) is 3.09. The van der Waals surface area contributed by atoms with Crippen LogP contribution in [0.2, 0.25) is 5.02 Å². The van der Waals surface area contributed by atoms with Crippen LogP contribution in [0, 0.1) is 0 Å². The van der Waals surface area contributed by atoms with E-state index in [9.17, 15) is 9.59 Å². The molecule has 1 saturated heterocycles. The highest BCUT2D eigenvalue weighted by atomic mass is 79.9. The summed E-state index contributed by atoms with van der Waals surface area (Å²) >= 11 is 9.25. The Labute approximate surface area is 112 Å². The molecule has 0 saturated carbocycles. The van der Waals surface area contributed by atoms with Gasteiger partial charge in [0.1, 0.15) is 12.6 Å². The van der Waals surface area contributed by atoms with Crippen molar-refractivity contribution >= 4 is 45.0 Å². The minimum absolute atomic E-state index is 0.0289. The van der Waals surface area contributed by atoms with Gasteiger partial charge in [-0.2, -0.15) is 0 Å². The predicted molar refractivity (Wildman–Crippen MR) is 69.1 cm³/mol. The van der Waals surface area contributed by atoms with Crippen molar-refractivity contribution in [3.63, 3.8) is 0 Å². The number of piperazine rings is 1. The van der Waals surface area contributed by atoms with Crippen molar-refractivity contribution in [1.82, 2.24) is 5.32 Å². The summed E-state index contributed by atoms with van der Waals surface area (Å²) < 4.78 is 0.755. The molecule has 1 unspecified atom stereocenters. The third-order valence-corrected chi connectivity index (χ3v) is 3.76. The normalized spacial score (nSPS) is 20.4. The van der Waals surface area contributed by atoms with E-state index in [-0.39, 0.29) is 18.4 Å². The van der Waals surface area contributed by atoms with Crippen LogP contribution in [0.5, 0.6) is 0 Å². The maximum absolute atomic E-state index is 11.9. The van der Waals surface area contributed by atoms with E-state index in [4.69, 9.17) is 11.6 Å². The Morgan fingerprint density at radius 1 is 1.47 bits per heavy atom. The second-order valence-corrected chi connectivity index (χ2v) is 5.07. The van der Waals surface area contributed by atoms with Crippen LogP contribution in [-0.4, -0.2) is 24.4 Å². The third kappa shape index (κ3) is 2.45. The number of nitrogens with one attached hydrogen (secondary N) is 1. The second kappa shape index (κ2) is 4.66. The second-order valence-electron chi connectivity index (χ2n) is 3.81. The fourth-order valence-electron chi connectivity index (χ4n) is 1.68. The molecule has 1 aliphatic heterocycles. The average molecular weight is 318 g/mol. The quantitative estimate of drug-likeness (QED) is 0.861. The van der Waals surface area contributed by atoms with Crippen molar-refractivity contribution in [2.75, 3.05) is 11.4 Å². The van der Waals surface area contributed by atoms with E-state index in [1.807, 2.05) is 0 Å². The summed E-state index contributed by atoms with van der Waals surface area (Å²) in [5.74, 6) is -0.306. The lowest BCUT2D eigenvalue weighted by Crippen LogP contribution is -2.57. The zero-order chi connectivity index (χ0) is 12.6. The third-order valence-electron chi connectivity index (χ3n) is 2.53. The van der Waals surface area contributed by atoms with Gasteiger partial charge in [0, 0.05) is 10.2 Å². The SMILES string of the molecule is CC1NC(=O)CN(c2ccc(Br)c(Cl)c2)C1=O. The molecule has 1 heterocycles. The molecular weight excluding hydrogens is 307 g/mol. The maximum atomic E-state index is 11.9. The lowest BCUT2D eigenvalue weighted by Gasteiger charge is -2.30. The largest absolute Gasteiger partial charge is 0.343 e. The van der Waals surface area contributed by atoms with E-state index in [1.165, 1.54) is 4.90 Å². The Kier molecular flexibility index (Phi) is 3.40. The van der Waals surface area contributed by atoms with Crippen LogP contribution in [0.3, 0.4) is 0 Å². The molecule has 1 N–H and O–H groups in total. The van der Waals surface area contributed by atoms with Gasteiger partial charge in [-0.15, -0.1) is 0 Å². The molecule has 6 heteroatoms. The highest BCUT2D eigenvalue weighted by Gasteiger charge is 2.30. The van der Waals surface area contributed by atoms with Crippen molar-refractivity contribution in [3.05, 3.63) is 27.7 Å². The number of rotatable bonds is 1. The van der Waals surface area contributed by atoms with Crippen LogP contribution < -0.4 is 10.2 Å². The van der Waals surface area contributed by atoms with Gasteiger partial charge in [-0.1, -0.05) is 11.6 Å². The zero-order valence-corrected chi connectivity index (χ0v) is 11.4. The molecule has 1 atom stereocenters. The maximum Gasteiger partial charge on any atom is 0.249 e. The predicted octanol–water partition coefficient (Wildman–Crippen LogP) is 1.95. The van der Waals surface area contributed by atoms with Crippen LogP contribution >= 0.6 is 27.5 Å². The first-order valence-corrected chi connectivity index (χ1v) is 6.22. The van der Waals surface area contributed by atoms with Crippen LogP contribution in [0.15, 0.2) is 22.7 Å². The molecule has 0 aliphatic carbocycles. The van der Waals surface area contributed by atoms with Gasteiger partial charge in [-0.05, 0) is 41.1 Å². The van der Waals surface area contributed by atoms with E-state index >= 15 is 0 Å². The monoisotopic (exact) mass is 316 g/mol. The number of hydrogen-bond acceptors (Lipinski definition) is 2. The zero-order valence-electron chi connectivity index (χ0n) is 9.04. The Balaban J connectivity index is 2.34. The van der Waals surface area contributed by atoms with Crippen molar-refractivity contribution in [2.24, 2.45) is 0 Å². The fourth-order valence-corrected chi connectivity index (χ4v) is 2.10. The van der Waals surface area contributed by atoms with Gasteiger partial charge in [-0.3, -0.25) is 9.59 Å². The van der Waals surface area contributed by atoms with Crippen molar-refractivity contribution in [1.29, 1.82) is 0 Å². The number of carbonyl (C=O) groups is 2. The Morgan fingerprint density at radius 3 is 2.82 bits per heavy atom. The number of carbonyl (C=O) groups excluding carboxylic acids is 2. The van der Waals surface area contributed by atoms with Gasteiger partial charge in [0.05, 0.1) is 5.02 Å². The highest BCUT2D eigenvalue weighted by molar-refractivity contribution is 9.10. The number of nitrogens with zero attached hydrogens (tertiary/aromatic N) is 1. The molecule has 0 aromatic heterocycles. The summed E-state index contributed by atoms with van der Waals surface area (Å²) in [6.45, 7) is 1.69. The van der Waals surface area contributed by atoms with Gasteiger partial charge in [0.15, 0.2) is 0 Å². The molecule has 2 rings (SSSR count). The molecule has 1 aromatic carbocycles. The van der Waals surface area contributed by atoms with Crippen LogP contribution in [-0.2, 0) is 9.59 Å². The van der Waals surface area contributed by atoms with Crippen molar-refractivity contribution < 1.29 is 9.59 Å². The standard InChI is InChI=1S/C11H10BrClN2O2/c1-6-11(17)15(5-10(16)14-6)7-2-3-8(12)9(13)4-7/h2-4,6H,5H2,1H3,(H,14,16). The molecule has 2 amide bonds. The topological polar surface area (TPSA) is 49.4 Å². The first-order valence-electron chi connectivity index (χ1n) is 5.05. The van der Waals surface area contributed by atoms with Crippen LogP contribution in [0.4, 0.5) is 5.69 Å². The first-order chi connectivity index (χ1) is 7.99.